The molecule has 0 atom stereocenters. The van der Waals surface area contributed by atoms with Gasteiger partial charge in [-0.3, -0.25) is 4.79 Å². The Labute approximate surface area is 260 Å². The highest BCUT2D eigenvalue weighted by atomic mass is 32.2. The normalized spacial score (nSPS) is 21.5. The molecule has 3 N–H and O–H groups in total. The van der Waals surface area contributed by atoms with Crippen LogP contribution in [-0.4, -0.2) is 54.7 Å². The van der Waals surface area contributed by atoms with E-state index in [0.717, 1.165) is 42.6 Å². The number of carbonyl (C=O) groups excluding carboxylic acids is 1. The van der Waals surface area contributed by atoms with Crippen molar-refractivity contribution in [2.24, 2.45) is 0 Å². The molecule has 4 aliphatic rings. The number of para-hydroxylation sites is 1. The van der Waals surface area contributed by atoms with Crippen molar-refractivity contribution in [1.29, 1.82) is 0 Å². The molecule has 1 aliphatic heterocycles. The number of nitrogens with one attached hydrogen (secondary N) is 3. The average molecular weight is 626 g/mol. The monoisotopic (exact) mass is 625 g/mol. The molecule has 6 rings (SSSR count). The summed E-state index contributed by atoms with van der Waals surface area (Å²) in [5, 5.41) is 7.35. The van der Waals surface area contributed by atoms with Crippen LogP contribution in [0.25, 0.3) is 0 Å². The summed E-state index contributed by atoms with van der Waals surface area (Å²) in [4.78, 5) is 20.0. The van der Waals surface area contributed by atoms with Crippen LogP contribution in [0.1, 0.15) is 94.6 Å². The van der Waals surface area contributed by atoms with Gasteiger partial charge in [0.1, 0.15) is 11.6 Å². The SMILES string of the molecule is Cc1cccc(C2CCCCC2)c1OC1(C(=O)NS(=O)(=O)c2cccc(N3CCC(C)(NC(=S)NC4CC4)CC3)n2)CC1. The first-order valence-corrected chi connectivity index (χ1v) is 17.6. The molecule has 1 saturated heterocycles. The van der Waals surface area contributed by atoms with Gasteiger partial charge in [-0.2, -0.15) is 8.42 Å². The molecule has 2 heterocycles. The molecule has 11 heteroatoms. The Hall–Kier alpha value is -2.92. The van der Waals surface area contributed by atoms with Gasteiger partial charge in [0.15, 0.2) is 15.7 Å². The van der Waals surface area contributed by atoms with Crippen LogP contribution in [0.5, 0.6) is 5.75 Å². The molecule has 1 amide bonds. The predicted octanol–water partition coefficient (Wildman–Crippen LogP) is 4.84. The van der Waals surface area contributed by atoms with Crippen molar-refractivity contribution in [3.05, 3.63) is 47.5 Å². The first kappa shape index (κ1) is 30.1. The Bertz CT molecular complexity index is 1470. The van der Waals surface area contributed by atoms with Gasteiger partial charge in [0.05, 0.1) is 0 Å². The lowest BCUT2D eigenvalue weighted by molar-refractivity contribution is -0.128. The van der Waals surface area contributed by atoms with Gasteiger partial charge in [0, 0.05) is 37.5 Å². The predicted molar refractivity (Wildman–Crippen MR) is 171 cm³/mol. The standard InChI is InChI=1S/C32H43N5O4S2/c1-22-8-6-11-25(23-9-4-3-5-10-23)28(22)41-32(16-17-32)29(38)36-43(39,40)27-13-7-12-26(34-27)37-20-18-31(2,19-21-37)35-30(42)33-24-14-15-24/h6-8,11-13,23-24H,3-5,9-10,14-21H2,1-2H3,(H,36,38)(H2,33,35,42). The maximum Gasteiger partial charge on any atom is 0.281 e. The molecule has 4 fully saturated rings. The summed E-state index contributed by atoms with van der Waals surface area (Å²) in [6.45, 7) is 5.56. The van der Waals surface area contributed by atoms with Crippen molar-refractivity contribution < 1.29 is 17.9 Å². The van der Waals surface area contributed by atoms with Gasteiger partial charge < -0.3 is 20.3 Å². The Morgan fingerprint density at radius 2 is 1.70 bits per heavy atom. The Balaban J connectivity index is 1.11. The first-order valence-electron chi connectivity index (χ1n) is 15.7. The number of nitrogens with zero attached hydrogens (tertiary/aromatic N) is 2. The number of thiocarbonyl (C=S) groups is 1. The highest BCUT2D eigenvalue weighted by molar-refractivity contribution is 7.90. The second-order valence-electron chi connectivity index (χ2n) is 13.1. The fourth-order valence-corrected chi connectivity index (χ4v) is 7.73. The summed E-state index contributed by atoms with van der Waals surface area (Å²) in [6.07, 6.45) is 10.8. The number of piperidine rings is 1. The summed E-state index contributed by atoms with van der Waals surface area (Å²) in [6, 6.07) is 11.5. The van der Waals surface area contributed by atoms with Gasteiger partial charge in [0.2, 0.25) is 0 Å². The van der Waals surface area contributed by atoms with Crippen LogP contribution in [0, 0.1) is 6.92 Å². The molecular formula is C32H43N5O4S2. The average Bonchev–Trinajstić information content (AvgIpc) is 3.92. The summed E-state index contributed by atoms with van der Waals surface area (Å²) in [5.74, 6) is 1.08. The van der Waals surface area contributed by atoms with Crippen molar-refractivity contribution in [3.63, 3.8) is 0 Å². The van der Waals surface area contributed by atoms with E-state index in [0.29, 0.717) is 48.8 Å². The number of benzene rings is 1. The second kappa shape index (κ2) is 11.9. The molecule has 0 bridgehead atoms. The number of carbonyl (C=O) groups is 1. The Morgan fingerprint density at radius 1 is 1.00 bits per heavy atom. The van der Waals surface area contributed by atoms with E-state index >= 15 is 0 Å². The molecule has 1 aromatic carbocycles. The number of hydrogen-bond donors (Lipinski definition) is 3. The molecule has 2 aromatic rings. The minimum Gasteiger partial charge on any atom is -0.477 e. The van der Waals surface area contributed by atoms with Crippen molar-refractivity contribution in [2.45, 2.75) is 113 Å². The van der Waals surface area contributed by atoms with Crippen LogP contribution in [0.4, 0.5) is 5.82 Å². The Morgan fingerprint density at radius 3 is 2.37 bits per heavy atom. The van der Waals surface area contributed by atoms with Gasteiger partial charge in [-0.15, -0.1) is 0 Å². The molecular weight excluding hydrogens is 583 g/mol. The van der Waals surface area contributed by atoms with E-state index in [4.69, 9.17) is 17.0 Å². The number of rotatable bonds is 9. The van der Waals surface area contributed by atoms with Gasteiger partial charge in [-0.1, -0.05) is 43.5 Å². The van der Waals surface area contributed by atoms with Crippen LogP contribution in [0.15, 0.2) is 41.4 Å². The number of ether oxygens (including phenoxy) is 1. The van der Waals surface area contributed by atoms with E-state index in [1.165, 1.54) is 38.2 Å². The lowest BCUT2D eigenvalue weighted by Gasteiger charge is -2.41. The van der Waals surface area contributed by atoms with Crippen molar-refractivity contribution in [2.75, 3.05) is 18.0 Å². The first-order chi connectivity index (χ1) is 20.6. The third kappa shape index (κ3) is 6.93. The molecule has 232 valence electrons. The molecule has 3 aliphatic carbocycles. The molecule has 43 heavy (non-hydrogen) atoms. The maximum atomic E-state index is 13.5. The molecule has 1 aromatic heterocycles. The summed E-state index contributed by atoms with van der Waals surface area (Å²) >= 11 is 5.49. The zero-order valence-electron chi connectivity index (χ0n) is 25.2. The molecule has 3 saturated carbocycles. The number of sulfonamides is 1. The number of anilines is 1. The number of hydrogen-bond acceptors (Lipinski definition) is 7. The van der Waals surface area contributed by atoms with E-state index < -0.39 is 21.5 Å². The molecule has 0 unspecified atom stereocenters. The zero-order valence-corrected chi connectivity index (χ0v) is 26.8. The topological polar surface area (TPSA) is 113 Å². The largest absolute Gasteiger partial charge is 0.477 e. The number of aromatic nitrogens is 1. The number of pyridine rings is 1. The van der Waals surface area contributed by atoms with E-state index in [1.807, 2.05) is 25.1 Å². The van der Waals surface area contributed by atoms with E-state index in [1.54, 1.807) is 6.07 Å². The lowest BCUT2D eigenvalue weighted by Crippen LogP contribution is -2.56. The smallest absolute Gasteiger partial charge is 0.281 e. The van der Waals surface area contributed by atoms with Crippen LogP contribution in [-0.2, 0) is 14.8 Å². The van der Waals surface area contributed by atoms with Gasteiger partial charge in [-0.25, -0.2) is 9.71 Å². The highest BCUT2D eigenvalue weighted by Gasteiger charge is 2.55. The fraction of sp³-hybridized carbons (Fsp3) is 0.594. The third-order valence-corrected chi connectivity index (χ3v) is 10.9. The van der Waals surface area contributed by atoms with Gasteiger partial charge in [-0.05, 0) is 93.8 Å². The third-order valence-electron chi connectivity index (χ3n) is 9.43. The maximum absolute atomic E-state index is 13.5. The number of amides is 1. The van der Waals surface area contributed by atoms with Crippen molar-refractivity contribution in [1.82, 2.24) is 20.3 Å². The lowest BCUT2D eigenvalue weighted by atomic mass is 9.83. The van der Waals surface area contributed by atoms with Gasteiger partial charge >= 0.3 is 0 Å². The van der Waals surface area contributed by atoms with Crippen molar-refractivity contribution >= 4 is 39.1 Å². The highest BCUT2D eigenvalue weighted by Crippen LogP contribution is 2.46. The van der Waals surface area contributed by atoms with E-state index in [-0.39, 0.29) is 10.6 Å². The summed E-state index contributed by atoms with van der Waals surface area (Å²) in [5.41, 5.74) is 0.775. The molecule has 0 radical (unpaired) electrons. The number of aryl methyl sites for hydroxylation is 1. The van der Waals surface area contributed by atoms with Crippen molar-refractivity contribution in [3.8, 4) is 5.75 Å². The van der Waals surface area contributed by atoms with Crippen LogP contribution in [0.3, 0.4) is 0 Å². The minimum absolute atomic E-state index is 0.139. The fourth-order valence-electron chi connectivity index (χ4n) is 6.31. The van der Waals surface area contributed by atoms with Gasteiger partial charge in [0.25, 0.3) is 15.9 Å². The van der Waals surface area contributed by atoms with Crippen LogP contribution >= 0.6 is 12.2 Å². The molecule has 0 spiro atoms. The van der Waals surface area contributed by atoms with Crippen LogP contribution < -0.4 is 25.0 Å². The minimum atomic E-state index is -4.20. The summed E-state index contributed by atoms with van der Waals surface area (Å²) in [7, 11) is -4.20. The summed E-state index contributed by atoms with van der Waals surface area (Å²) < 4.78 is 35.5. The molecule has 9 nitrogen and oxygen atoms in total. The second-order valence-corrected chi connectivity index (χ2v) is 15.2. The van der Waals surface area contributed by atoms with Crippen LogP contribution in [0.2, 0.25) is 0 Å². The van der Waals surface area contributed by atoms with E-state index in [9.17, 15) is 13.2 Å². The van der Waals surface area contributed by atoms with E-state index in [2.05, 4.69) is 38.2 Å². The quantitative estimate of drug-likeness (QED) is 0.337. The zero-order chi connectivity index (χ0) is 30.2. The Kier molecular flexibility index (Phi) is 8.32.